The van der Waals surface area contributed by atoms with E-state index in [9.17, 15) is 40.8 Å². The molecule has 0 radical (unpaired) electrons. The molecule has 0 aliphatic rings. The van der Waals surface area contributed by atoms with Crippen molar-refractivity contribution in [1.29, 1.82) is 5.26 Å². The molecule has 2 aromatic rings. The first-order valence-electron chi connectivity index (χ1n) is 8.57. The van der Waals surface area contributed by atoms with Crippen molar-refractivity contribution in [3.63, 3.8) is 0 Å². The molecule has 0 N–H and O–H groups in total. The van der Waals surface area contributed by atoms with E-state index in [4.69, 9.17) is 4.74 Å². The molecule has 0 saturated carbocycles. The highest BCUT2D eigenvalue weighted by Gasteiger charge is 2.43. The number of halogens is 7. The molecule has 13 heteroatoms. The van der Waals surface area contributed by atoms with Crippen molar-refractivity contribution in [3.05, 3.63) is 40.6 Å². The van der Waals surface area contributed by atoms with E-state index in [1.807, 2.05) is 0 Å². The van der Waals surface area contributed by atoms with E-state index in [0.29, 0.717) is 11.1 Å². The summed E-state index contributed by atoms with van der Waals surface area (Å²) in [5, 5.41) is 12.7. The normalized spacial score (nSPS) is 11.9. The van der Waals surface area contributed by atoms with Crippen LogP contribution in [0.3, 0.4) is 0 Å². The Labute approximate surface area is 171 Å². The van der Waals surface area contributed by atoms with Crippen LogP contribution in [0.2, 0.25) is 0 Å². The fraction of sp³-hybridized carbons (Fsp3) is 0.389. The number of amides is 1. The van der Waals surface area contributed by atoms with E-state index in [1.54, 1.807) is 6.07 Å². The van der Waals surface area contributed by atoms with Crippen LogP contribution >= 0.6 is 0 Å². The predicted octanol–water partition coefficient (Wildman–Crippen LogP) is 5.08. The number of alkyl halides is 3. The molecule has 0 saturated heterocycles. The zero-order valence-corrected chi connectivity index (χ0v) is 16.5. The van der Waals surface area contributed by atoms with Crippen LogP contribution in [-0.2, 0) is 10.9 Å². The number of hydrogen-bond acceptors (Lipinski definition) is 4. The smallest absolute Gasteiger partial charge is 0.422 e. The molecule has 1 aromatic carbocycles. The molecule has 0 bridgehead atoms. The third-order valence-electron chi connectivity index (χ3n) is 3.79. The SMILES string of the molecule is CCN(C(=O)OC(C)(C)C)c1c(C#N)cnn1-c1c(F)c(F)c(C(F)(F)F)c(F)c1F. The molecule has 2 rings (SSSR count). The summed E-state index contributed by atoms with van der Waals surface area (Å²) < 4.78 is 101. The minimum Gasteiger partial charge on any atom is -0.443 e. The molecule has 1 heterocycles. The van der Waals surface area contributed by atoms with Gasteiger partial charge in [0.15, 0.2) is 29.1 Å². The van der Waals surface area contributed by atoms with Gasteiger partial charge in [-0.2, -0.15) is 23.5 Å². The molecular weight excluding hydrogens is 437 g/mol. The maximum absolute atomic E-state index is 14.5. The Bertz CT molecular complexity index is 1040. The number of anilines is 1. The number of ether oxygens (including phenoxy) is 1. The molecule has 0 fully saturated rings. The first-order valence-corrected chi connectivity index (χ1v) is 8.57. The Morgan fingerprint density at radius 1 is 1.13 bits per heavy atom. The molecule has 0 aliphatic carbocycles. The summed E-state index contributed by atoms with van der Waals surface area (Å²) in [7, 11) is 0. The number of nitriles is 1. The third kappa shape index (κ3) is 4.42. The third-order valence-corrected chi connectivity index (χ3v) is 3.79. The van der Waals surface area contributed by atoms with E-state index in [1.165, 1.54) is 27.7 Å². The van der Waals surface area contributed by atoms with E-state index in [0.717, 1.165) is 0 Å². The fourth-order valence-corrected chi connectivity index (χ4v) is 2.58. The van der Waals surface area contributed by atoms with Crippen LogP contribution in [-0.4, -0.2) is 28.0 Å². The van der Waals surface area contributed by atoms with Crippen LogP contribution in [0.15, 0.2) is 6.20 Å². The van der Waals surface area contributed by atoms with E-state index in [-0.39, 0.29) is 11.2 Å². The molecule has 1 aromatic heterocycles. The molecule has 0 atom stereocenters. The summed E-state index contributed by atoms with van der Waals surface area (Å²) in [6, 6.07) is 1.58. The van der Waals surface area contributed by atoms with Gasteiger partial charge in [0.2, 0.25) is 0 Å². The van der Waals surface area contributed by atoms with Gasteiger partial charge in [-0.1, -0.05) is 0 Å². The van der Waals surface area contributed by atoms with Crippen LogP contribution in [0, 0.1) is 34.6 Å². The van der Waals surface area contributed by atoms with Crippen molar-refractivity contribution in [2.45, 2.75) is 39.5 Å². The molecular formula is C18H15F7N4O2. The number of benzene rings is 1. The lowest BCUT2D eigenvalue weighted by molar-refractivity contribution is -0.143. The van der Waals surface area contributed by atoms with E-state index >= 15 is 0 Å². The Kier molecular flexibility index (Phi) is 6.25. The van der Waals surface area contributed by atoms with Crippen LogP contribution < -0.4 is 4.90 Å². The van der Waals surface area contributed by atoms with Crippen molar-refractivity contribution in [1.82, 2.24) is 9.78 Å². The number of carbonyl (C=O) groups is 1. The average molecular weight is 452 g/mol. The first kappa shape index (κ1) is 24.0. The molecule has 0 spiro atoms. The zero-order valence-electron chi connectivity index (χ0n) is 16.5. The van der Waals surface area contributed by atoms with Gasteiger partial charge in [0, 0.05) is 6.54 Å². The monoisotopic (exact) mass is 452 g/mol. The Hall–Kier alpha value is -3.30. The number of hydrogen-bond donors (Lipinski definition) is 0. The summed E-state index contributed by atoms with van der Waals surface area (Å²) in [4.78, 5) is 13.2. The molecule has 6 nitrogen and oxygen atoms in total. The van der Waals surface area contributed by atoms with Crippen LogP contribution in [0.4, 0.5) is 41.3 Å². The minimum absolute atomic E-state index is 0.128. The highest BCUT2D eigenvalue weighted by Crippen LogP contribution is 2.39. The van der Waals surface area contributed by atoms with Crippen molar-refractivity contribution < 1.29 is 40.3 Å². The second-order valence-corrected chi connectivity index (χ2v) is 7.11. The quantitative estimate of drug-likeness (QED) is 0.481. The maximum atomic E-state index is 14.5. The van der Waals surface area contributed by atoms with E-state index in [2.05, 4.69) is 5.10 Å². The lowest BCUT2D eigenvalue weighted by atomic mass is 10.1. The van der Waals surface area contributed by atoms with Gasteiger partial charge in [-0.25, -0.2) is 27.0 Å². The van der Waals surface area contributed by atoms with Gasteiger partial charge < -0.3 is 4.74 Å². The van der Waals surface area contributed by atoms with Gasteiger partial charge >= 0.3 is 12.3 Å². The van der Waals surface area contributed by atoms with Crippen LogP contribution in [0.5, 0.6) is 0 Å². The fourth-order valence-electron chi connectivity index (χ4n) is 2.58. The number of rotatable bonds is 3. The summed E-state index contributed by atoms with van der Waals surface area (Å²) in [6.07, 6.45) is -6.12. The maximum Gasteiger partial charge on any atom is 0.422 e. The first-order chi connectivity index (χ1) is 14.2. The molecule has 168 valence electrons. The zero-order chi connectivity index (χ0) is 23.9. The molecule has 0 aliphatic heterocycles. The van der Waals surface area contributed by atoms with Gasteiger partial charge in [0.1, 0.15) is 28.5 Å². The van der Waals surface area contributed by atoms with Gasteiger partial charge in [0.05, 0.1) is 6.20 Å². The Morgan fingerprint density at radius 3 is 2.03 bits per heavy atom. The summed E-state index contributed by atoms with van der Waals surface area (Å²) >= 11 is 0. The largest absolute Gasteiger partial charge is 0.443 e. The van der Waals surface area contributed by atoms with Crippen LogP contribution in [0.25, 0.3) is 5.69 Å². The van der Waals surface area contributed by atoms with Gasteiger partial charge in [-0.05, 0) is 27.7 Å². The van der Waals surface area contributed by atoms with E-state index < -0.39 is 63.8 Å². The van der Waals surface area contributed by atoms with Gasteiger partial charge in [-0.3, -0.25) is 4.90 Å². The van der Waals surface area contributed by atoms with Crippen LogP contribution in [0.1, 0.15) is 38.8 Å². The van der Waals surface area contributed by atoms with Crippen molar-refractivity contribution >= 4 is 11.9 Å². The summed E-state index contributed by atoms with van der Waals surface area (Å²) in [5.74, 6) is -10.9. The van der Waals surface area contributed by atoms with Gasteiger partial charge in [-0.15, -0.1) is 0 Å². The molecule has 0 unspecified atom stereocenters. The second kappa shape index (κ2) is 8.09. The molecule has 31 heavy (non-hydrogen) atoms. The summed E-state index contributed by atoms with van der Waals surface area (Å²) in [5.41, 5.74) is -5.95. The Morgan fingerprint density at radius 2 is 1.65 bits per heavy atom. The topological polar surface area (TPSA) is 71.2 Å². The lowest BCUT2D eigenvalue weighted by Crippen LogP contribution is -2.38. The van der Waals surface area contributed by atoms with Crippen molar-refractivity contribution in [3.8, 4) is 11.8 Å². The van der Waals surface area contributed by atoms with Crippen molar-refractivity contribution in [2.24, 2.45) is 0 Å². The number of carbonyl (C=O) groups excluding carboxylic acids is 1. The summed E-state index contributed by atoms with van der Waals surface area (Å²) in [6.45, 7) is 5.62. The average Bonchev–Trinajstić information content (AvgIpc) is 3.02. The highest BCUT2D eigenvalue weighted by molar-refractivity contribution is 5.88. The highest BCUT2D eigenvalue weighted by atomic mass is 19.4. The molecule has 1 amide bonds. The number of aromatic nitrogens is 2. The lowest BCUT2D eigenvalue weighted by Gasteiger charge is -2.27. The van der Waals surface area contributed by atoms with Gasteiger partial charge in [0.25, 0.3) is 0 Å². The minimum atomic E-state index is -5.73. The Balaban J connectivity index is 2.83. The van der Waals surface area contributed by atoms with Crippen molar-refractivity contribution in [2.75, 3.05) is 11.4 Å². The predicted molar refractivity (Wildman–Crippen MR) is 92.4 cm³/mol. The number of nitrogens with zero attached hydrogens (tertiary/aromatic N) is 4. The standard InChI is InChI=1S/C18H15F7N4O2/c1-5-28(16(30)31-17(2,3)4)15-8(6-26)7-27-29(15)14-12(21)10(19)9(18(23,24)25)11(20)13(14)22/h7H,5H2,1-4H3. The second-order valence-electron chi connectivity index (χ2n) is 7.11.